The van der Waals surface area contributed by atoms with Gasteiger partial charge < -0.3 is 15.1 Å². The van der Waals surface area contributed by atoms with Gasteiger partial charge in [0.05, 0.1) is 4.92 Å². The highest BCUT2D eigenvalue weighted by molar-refractivity contribution is 6.30. The minimum atomic E-state index is -0.408. The molecule has 1 saturated heterocycles. The van der Waals surface area contributed by atoms with Crippen molar-refractivity contribution < 1.29 is 4.92 Å². The molecule has 6 nitrogen and oxygen atoms in total. The highest BCUT2D eigenvalue weighted by Gasteiger charge is 2.15. The summed E-state index contributed by atoms with van der Waals surface area (Å²) in [7, 11) is 2.14. The second kappa shape index (κ2) is 7.59. The summed E-state index contributed by atoms with van der Waals surface area (Å²) in [6, 6.07) is 4.71. The Morgan fingerprint density at radius 2 is 2.05 bits per heavy atom. The normalized spacial score (nSPS) is 16.9. The van der Waals surface area contributed by atoms with Crippen LogP contribution in [0.15, 0.2) is 18.2 Å². The number of nitro benzene ring substituents is 1. The first kappa shape index (κ1) is 16.0. The Balaban J connectivity index is 1.77. The molecular weight excluding hydrogens is 292 g/mol. The maximum Gasteiger partial charge on any atom is 0.293 e. The summed E-state index contributed by atoms with van der Waals surface area (Å²) in [5.41, 5.74) is 0.560. The van der Waals surface area contributed by atoms with Crippen molar-refractivity contribution in [2.24, 2.45) is 0 Å². The van der Waals surface area contributed by atoms with E-state index in [9.17, 15) is 10.1 Å². The first-order valence-electron chi connectivity index (χ1n) is 7.15. The number of nitrogens with one attached hydrogen (secondary N) is 1. The molecule has 1 aliphatic heterocycles. The fourth-order valence-electron chi connectivity index (χ4n) is 2.40. The third kappa shape index (κ3) is 4.84. The second-order valence-corrected chi connectivity index (χ2v) is 5.78. The van der Waals surface area contributed by atoms with E-state index < -0.39 is 4.92 Å². The largest absolute Gasteiger partial charge is 0.379 e. The van der Waals surface area contributed by atoms with Crippen molar-refractivity contribution in [3.05, 3.63) is 33.3 Å². The summed E-state index contributed by atoms with van der Waals surface area (Å²) < 4.78 is 0. The summed E-state index contributed by atoms with van der Waals surface area (Å²) in [5, 5.41) is 14.5. The molecule has 7 heteroatoms. The van der Waals surface area contributed by atoms with Crippen LogP contribution in [0.1, 0.15) is 6.42 Å². The predicted octanol–water partition coefficient (Wildman–Crippen LogP) is 2.30. The standard InChI is InChI=1S/C14H21ClN4O2/c1-17-7-9-18(10-8-17)6-2-5-16-13-4-3-12(15)11-14(13)19(20)21/h3-4,11,16H,2,5-10H2,1H3. The zero-order valence-corrected chi connectivity index (χ0v) is 13.0. The van der Waals surface area contributed by atoms with Gasteiger partial charge in [0.25, 0.3) is 5.69 Å². The Morgan fingerprint density at radius 3 is 2.71 bits per heavy atom. The van der Waals surface area contributed by atoms with Crippen molar-refractivity contribution >= 4 is 23.0 Å². The first-order valence-corrected chi connectivity index (χ1v) is 7.53. The molecule has 0 amide bonds. The summed E-state index contributed by atoms with van der Waals surface area (Å²) in [4.78, 5) is 15.3. The van der Waals surface area contributed by atoms with Crippen LogP contribution in [0.3, 0.4) is 0 Å². The quantitative estimate of drug-likeness (QED) is 0.496. The monoisotopic (exact) mass is 312 g/mol. The van der Waals surface area contributed by atoms with Gasteiger partial charge in [0.2, 0.25) is 0 Å². The van der Waals surface area contributed by atoms with Crippen LogP contribution in [-0.4, -0.2) is 61.0 Å². The lowest BCUT2D eigenvalue weighted by molar-refractivity contribution is -0.383. The van der Waals surface area contributed by atoms with Crippen molar-refractivity contribution in [2.45, 2.75) is 6.42 Å². The molecule has 116 valence electrons. The van der Waals surface area contributed by atoms with E-state index in [1.165, 1.54) is 6.07 Å². The zero-order chi connectivity index (χ0) is 15.2. The molecule has 0 unspecified atom stereocenters. The van der Waals surface area contributed by atoms with Crippen LogP contribution < -0.4 is 5.32 Å². The number of piperazine rings is 1. The van der Waals surface area contributed by atoms with E-state index in [1.807, 2.05) is 0 Å². The van der Waals surface area contributed by atoms with E-state index in [1.54, 1.807) is 12.1 Å². The van der Waals surface area contributed by atoms with E-state index in [4.69, 9.17) is 11.6 Å². The van der Waals surface area contributed by atoms with Gasteiger partial charge in [-0.2, -0.15) is 0 Å². The molecule has 1 aromatic carbocycles. The number of halogens is 1. The SMILES string of the molecule is CN1CCN(CCCNc2ccc(Cl)cc2[N+](=O)[O-])CC1. The number of nitro groups is 1. The molecule has 1 aliphatic rings. The van der Waals surface area contributed by atoms with E-state index in [0.29, 0.717) is 10.7 Å². The Bertz CT molecular complexity index is 490. The van der Waals surface area contributed by atoms with Crippen LogP contribution >= 0.6 is 11.6 Å². The minimum Gasteiger partial charge on any atom is -0.379 e. The van der Waals surface area contributed by atoms with Crippen LogP contribution in [0.2, 0.25) is 5.02 Å². The molecule has 0 saturated carbocycles. The van der Waals surface area contributed by atoms with Gasteiger partial charge in [0.1, 0.15) is 5.69 Å². The van der Waals surface area contributed by atoms with Gasteiger partial charge in [0.15, 0.2) is 0 Å². The minimum absolute atomic E-state index is 0.0297. The van der Waals surface area contributed by atoms with Crippen LogP contribution in [0.5, 0.6) is 0 Å². The molecule has 0 spiro atoms. The number of anilines is 1. The zero-order valence-electron chi connectivity index (χ0n) is 12.2. The van der Waals surface area contributed by atoms with Crippen molar-refractivity contribution in [3.63, 3.8) is 0 Å². The van der Waals surface area contributed by atoms with Gasteiger partial charge in [-0.1, -0.05) is 11.6 Å². The Hall–Kier alpha value is -1.37. The fourth-order valence-corrected chi connectivity index (χ4v) is 2.57. The maximum atomic E-state index is 11.0. The summed E-state index contributed by atoms with van der Waals surface area (Å²) in [5.74, 6) is 0. The molecule has 1 N–H and O–H groups in total. The van der Waals surface area contributed by atoms with E-state index >= 15 is 0 Å². The molecule has 0 aromatic heterocycles. The molecule has 0 radical (unpaired) electrons. The lowest BCUT2D eigenvalue weighted by Crippen LogP contribution is -2.44. The first-order chi connectivity index (χ1) is 10.1. The van der Waals surface area contributed by atoms with Crippen LogP contribution in [0.4, 0.5) is 11.4 Å². The smallest absolute Gasteiger partial charge is 0.293 e. The third-order valence-corrected chi connectivity index (χ3v) is 3.95. The molecule has 0 aliphatic carbocycles. The Labute approximate surface area is 129 Å². The van der Waals surface area contributed by atoms with Gasteiger partial charge >= 0.3 is 0 Å². The van der Waals surface area contributed by atoms with Gasteiger partial charge in [-0.25, -0.2) is 0 Å². The average molecular weight is 313 g/mol. The van der Waals surface area contributed by atoms with Crippen LogP contribution in [-0.2, 0) is 0 Å². The van der Waals surface area contributed by atoms with Gasteiger partial charge in [0, 0.05) is 43.8 Å². The Kier molecular flexibility index (Phi) is 5.78. The van der Waals surface area contributed by atoms with Crippen molar-refractivity contribution in [2.75, 3.05) is 51.6 Å². The summed E-state index contributed by atoms with van der Waals surface area (Å²) >= 11 is 5.79. The molecule has 1 heterocycles. The third-order valence-electron chi connectivity index (χ3n) is 3.72. The molecule has 2 rings (SSSR count). The number of hydrogen-bond donors (Lipinski definition) is 1. The predicted molar refractivity (Wildman–Crippen MR) is 85.2 cm³/mol. The molecule has 0 atom stereocenters. The summed E-state index contributed by atoms with van der Waals surface area (Å²) in [6.07, 6.45) is 0.962. The van der Waals surface area contributed by atoms with Gasteiger partial charge in [-0.05, 0) is 32.1 Å². The molecule has 21 heavy (non-hydrogen) atoms. The number of likely N-dealkylation sites (N-methyl/N-ethyl adjacent to an activating group) is 1. The number of rotatable bonds is 6. The van der Waals surface area contributed by atoms with E-state index in [-0.39, 0.29) is 5.69 Å². The average Bonchev–Trinajstić information content (AvgIpc) is 2.46. The highest BCUT2D eigenvalue weighted by atomic mass is 35.5. The van der Waals surface area contributed by atoms with Gasteiger partial charge in [-0.3, -0.25) is 10.1 Å². The number of benzene rings is 1. The van der Waals surface area contributed by atoms with Crippen molar-refractivity contribution in [1.82, 2.24) is 9.80 Å². The molecule has 0 bridgehead atoms. The topological polar surface area (TPSA) is 61.6 Å². The molecular formula is C14H21ClN4O2. The van der Waals surface area contributed by atoms with E-state index in [2.05, 4.69) is 22.2 Å². The highest BCUT2D eigenvalue weighted by Crippen LogP contribution is 2.27. The van der Waals surface area contributed by atoms with Crippen molar-refractivity contribution in [3.8, 4) is 0 Å². The Morgan fingerprint density at radius 1 is 1.33 bits per heavy atom. The van der Waals surface area contributed by atoms with Crippen LogP contribution in [0, 0.1) is 10.1 Å². The maximum absolute atomic E-state index is 11.0. The number of nitrogens with zero attached hydrogens (tertiary/aromatic N) is 3. The lowest BCUT2D eigenvalue weighted by atomic mass is 10.2. The van der Waals surface area contributed by atoms with Gasteiger partial charge in [-0.15, -0.1) is 0 Å². The summed E-state index contributed by atoms with van der Waals surface area (Å²) in [6.45, 7) is 6.14. The second-order valence-electron chi connectivity index (χ2n) is 5.34. The molecule has 1 fully saturated rings. The number of hydrogen-bond acceptors (Lipinski definition) is 5. The van der Waals surface area contributed by atoms with E-state index in [0.717, 1.165) is 45.7 Å². The lowest BCUT2D eigenvalue weighted by Gasteiger charge is -2.32. The molecule has 1 aromatic rings. The van der Waals surface area contributed by atoms with Crippen molar-refractivity contribution in [1.29, 1.82) is 0 Å². The van der Waals surface area contributed by atoms with Crippen LogP contribution in [0.25, 0.3) is 0 Å². The fraction of sp³-hybridized carbons (Fsp3) is 0.571.